The second kappa shape index (κ2) is 14.3. The van der Waals surface area contributed by atoms with Gasteiger partial charge < -0.3 is 15.4 Å². The van der Waals surface area contributed by atoms with E-state index in [1.54, 1.807) is 44.5 Å². The van der Waals surface area contributed by atoms with Gasteiger partial charge in [0.05, 0.1) is 5.71 Å². The third-order valence-electron chi connectivity index (χ3n) is 4.76. The number of nitrogens with zero attached hydrogens (tertiary/aromatic N) is 1. The lowest BCUT2D eigenvalue weighted by molar-refractivity contribution is -0.114. The van der Waals surface area contributed by atoms with Gasteiger partial charge in [-0.3, -0.25) is 19.4 Å². The molecule has 0 spiro atoms. The monoisotopic (exact) mass is 461 g/mol. The van der Waals surface area contributed by atoms with Gasteiger partial charge in [-0.25, -0.2) is 0 Å². The van der Waals surface area contributed by atoms with Crippen LogP contribution in [0.4, 0.5) is 5.69 Å². The zero-order chi connectivity index (χ0) is 24.8. The smallest absolute Gasteiger partial charge is 0.251 e. The summed E-state index contributed by atoms with van der Waals surface area (Å²) in [4.78, 5) is 40.1. The lowest BCUT2D eigenvalue weighted by Gasteiger charge is -2.07. The van der Waals surface area contributed by atoms with E-state index >= 15 is 0 Å². The fraction of sp³-hybridized carbons (Fsp3) is 0.259. The highest BCUT2D eigenvalue weighted by molar-refractivity contribution is 6.13. The first kappa shape index (κ1) is 26.4. The molecule has 2 aromatic rings. The molecule has 0 fully saturated rings. The number of carbonyl (C=O) groups excluding carboxylic acids is 3. The number of anilines is 1. The van der Waals surface area contributed by atoms with Crippen LogP contribution in [-0.4, -0.2) is 50.6 Å². The van der Waals surface area contributed by atoms with Crippen LogP contribution in [0.3, 0.4) is 0 Å². The molecule has 0 bridgehead atoms. The molecule has 0 saturated carbocycles. The number of amides is 2. The molecule has 2 rings (SSSR count). The summed E-state index contributed by atoms with van der Waals surface area (Å²) in [7, 11) is 3.26. The van der Waals surface area contributed by atoms with Crippen LogP contribution >= 0.6 is 0 Å². The molecule has 2 N–H and O–H groups in total. The van der Waals surface area contributed by atoms with Gasteiger partial charge in [-0.1, -0.05) is 30.3 Å². The minimum atomic E-state index is -0.175. The van der Waals surface area contributed by atoms with Gasteiger partial charge in [0.15, 0.2) is 5.78 Å². The van der Waals surface area contributed by atoms with E-state index in [-0.39, 0.29) is 17.6 Å². The molecule has 0 atom stereocenters. The maximum absolute atomic E-state index is 12.4. The molecule has 2 amide bonds. The van der Waals surface area contributed by atoms with E-state index in [2.05, 4.69) is 15.6 Å². The molecule has 178 valence electrons. The van der Waals surface area contributed by atoms with Crippen molar-refractivity contribution in [3.63, 3.8) is 0 Å². The van der Waals surface area contributed by atoms with E-state index in [0.29, 0.717) is 30.8 Å². The summed E-state index contributed by atoms with van der Waals surface area (Å²) in [6.45, 7) is 2.58. The molecule has 0 unspecified atom stereocenters. The molecule has 0 saturated heterocycles. The van der Waals surface area contributed by atoms with Crippen molar-refractivity contribution in [1.29, 1.82) is 0 Å². The molecule has 7 nitrogen and oxygen atoms in total. The van der Waals surface area contributed by atoms with E-state index in [1.807, 2.05) is 30.3 Å². The Morgan fingerprint density at radius 1 is 1.00 bits per heavy atom. The van der Waals surface area contributed by atoms with Crippen LogP contribution in [0.25, 0.3) is 0 Å². The Balaban J connectivity index is 1.96. The van der Waals surface area contributed by atoms with Crippen molar-refractivity contribution in [2.45, 2.75) is 19.8 Å². The summed E-state index contributed by atoms with van der Waals surface area (Å²) in [6.07, 6.45) is 7.66. The molecule has 0 radical (unpaired) electrons. The lowest BCUT2D eigenvalue weighted by Crippen LogP contribution is -2.25. The van der Waals surface area contributed by atoms with E-state index in [0.717, 1.165) is 23.2 Å². The first-order chi connectivity index (χ1) is 16.4. The van der Waals surface area contributed by atoms with Crippen LogP contribution in [0.5, 0.6) is 0 Å². The zero-order valence-electron chi connectivity index (χ0n) is 19.8. The quantitative estimate of drug-likeness (QED) is 0.286. The van der Waals surface area contributed by atoms with E-state index in [4.69, 9.17) is 4.74 Å². The van der Waals surface area contributed by atoms with Gasteiger partial charge in [-0.05, 0) is 60.9 Å². The summed E-state index contributed by atoms with van der Waals surface area (Å²) in [5.74, 6) is -0.472. The number of allylic oxidation sites excluding steroid dienone is 4. The average molecular weight is 462 g/mol. The molecule has 0 aliphatic carbocycles. The molecular formula is C27H31N3O4. The SMILES string of the molecule is CN=C(/C=C\C(=O)C=CCc1cccc(NC(C)=O)c1)c1cccc(C(=O)NCCCOC)c1. The molecule has 0 aliphatic heterocycles. The second-order valence-corrected chi connectivity index (χ2v) is 7.52. The number of methoxy groups -OCH3 is 1. The van der Waals surface area contributed by atoms with Crippen molar-refractivity contribution in [3.05, 3.63) is 89.5 Å². The van der Waals surface area contributed by atoms with Gasteiger partial charge in [0, 0.05) is 51.0 Å². The number of ketones is 1. The van der Waals surface area contributed by atoms with E-state index in [1.165, 1.54) is 19.1 Å². The summed E-state index contributed by atoms with van der Waals surface area (Å²) in [6, 6.07) is 14.6. The van der Waals surface area contributed by atoms with Crippen LogP contribution in [0.1, 0.15) is 34.8 Å². The lowest BCUT2D eigenvalue weighted by atomic mass is 10.0. The van der Waals surface area contributed by atoms with Crippen molar-refractivity contribution in [2.24, 2.45) is 4.99 Å². The predicted molar refractivity (Wildman–Crippen MR) is 135 cm³/mol. The molecule has 34 heavy (non-hydrogen) atoms. The van der Waals surface area contributed by atoms with Crippen LogP contribution in [0.2, 0.25) is 0 Å². The van der Waals surface area contributed by atoms with Crippen LogP contribution in [0, 0.1) is 0 Å². The number of rotatable bonds is 12. The Labute approximate surface area is 200 Å². The minimum Gasteiger partial charge on any atom is -0.385 e. The summed E-state index contributed by atoms with van der Waals surface area (Å²) < 4.78 is 4.98. The van der Waals surface area contributed by atoms with Gasteiger partial charge in [-0.15, -0.1) is 0 Å². The average Bonchev–Trinajstić information content (AvgIpc) is 2.82. The molecule has 0 heterocycles. The Bertz CT molecular complexity index is 1090. The normalized spacial score (nSPS) is 11.7. The molecule has 2 aromatic carbocycles. The third kappa shape index (κ3) is 9.34. The highest BCUT2D eigenvalue weighted by Crippen LogP contribution is 2.12. The van der Waals surface area contributed by atoms with Gasteiger partial charge in [0.2, 0.25) is 5.91 Å². The standard InChI is InChI=1S/C27H31N3O4/c1-20(31)30-24-12-4-8-21(18-24)9-5-13-25(32)14-15-26(28-2)22-10-6-11-23(19-22)27(33)29-16-7-17-34-3/h4-6,8,10-15,18-19H,7,9,16-17H2,1-3H3,(H,29,33)(H,30,31)/b13-5?,15-14-,28-26?. The van der Waals surface area contributed by atoms with Crippen molar-refractivity contribution in [1.82, 2.24) is 5.32 Å². The van der Waals surface area contributed by atoms with Gasteiger partial charge in [0.1, 0.15) is 0 Å². The highest BCUT2D eigenvalue weighted by atomic mass is 16.5. The number of benzene rings is 2. The molecular weight excluding hydrogens is 430 g/mol. The number of nitrogens with one attached hydrogen (secondary N) is 2. The van der Waals surface area contributed by atoms with Crippen molar-refractivity contribution >= 4 is 29.0 Å². The minimum absolute atomic E-state index is 0.130. The van der Waals surface area contributed by atoms with Crippen LogP contribution < -0.4 is 10.6 Å². The summed E-state index contributed by atoms with van der Waals surface area (Å²) in [5, 5.41) is 5.60. The Morgan fingerprint density at radius 3 is 2.50 bits per heavy atom. The topological polar surface area (TPSA) is 96.9 Å². The second-order valence-electron chi connectivity index (χ2n) is 7.52. The van der Waals surface area contributed by atoms with E-state index in [9.17, 15) is 14.4 Å². The number of hydrogen-bond acceptors (Lipinski definition) is 5. The van der Waals surface area contributed by atoms with E-state index < -0.39 is 0 Å². The highest BCUT2D eigenvalue weighted by Gasteiger charge is 2.08. The first-order valence-corrected chi connectivity index (χ1v) is 11.0. The first-order valence-electron chi connectivity index (χ1n) is 11.0. The Morgan fingerprint density at radius 2 is 1.76 bits per heavy atom. The summed E-state index contributed by atoms with van der Waals surface area (Å²) in [5.41, 5.74) is 3.57. The van der Waals surface area contributed by atoms with Gasteiger partial charge in [0.25, 0.3) is 5.91 Å². The van der Waals surface area contributed by atoms with Crippen LogP contribution in [-0.2, 0) is 20.7 Å². The van der Waals surface area contributed by atoms with Gasteiger partial charge in [-0.2, -0.15) is 0 Å². The van der Waals surface area contributed by atoms with Crippen molar-refractivity contribution < 1.29 is 19.1 Å². The number of ether oxygens (including phenoxy) is 1. The largest absolute Gasteiger partial charge is 0.385 e. The number of carbonyl (C=O) groups is 3. The molecule has 7 heteroatoms. The van der Waals surface area contributed by atoms with Gasteiger partial charge >= 0.3 is 0 Å². The molecule has 0 aliphatic rings. The maximum atomic E-state index is 12.4. The fourth-order valence-corrected chi connectivity index (χ4v) is 3.15. The van der Waals surface area contributed by atoms with Crippen LogP contribution in [0.15, 0.2) is 77.8 Å². The third-order valence-corrected chi connectivity index (χ3v) is 4.76. The summed E-state index contributed by atoms with van der Waals surface area (Å²) >= 11 is 0. The molecule has 0 aromatic heterocycles. The predicted octanol–water partition coefficient (Wildman–Crippen LogP) is 3.75. The fourth-order valence-electron chi connectivity index (χ4n) is 3.15. The van der Waals surface area contributed by atoms with Crippen molar-refractivity contribution in [3.8, 4) is 0 Å². The Kier molecular flexibility index (Phi) is 11.1. The maximum Gasteiger partial charge on any atom is 0.251 e. The number of aliphatic imine (C=N–C) groups is 1. The number of hydrogen-bond donors (Lipinski definition) is 2. The zero-order valence-corrected chi connectivity index (χ0v) is 19.8. The Hall–Kier alpha value is -3.84. The van der Waals surface area contributed by atoms with Crippen molar-refractivity contribution in [2.75, 3.05) is 32.6 Å².